The first-order chi connectivity index (χ1) is 9.79. The second-order valence-electron chi connectivity index (χ2n) is 5.23. The number of allylic oxidation sites excluding steroid dienone is 1. The second kappa shape index (κ2) is 8.33. The lowest BCUT2D eigenvalue weighted by Crippen LogP contribution is -2.15. The standard InChI is InChI=1S/C17H24ClNO/c1-2-20-17-9-8-15(12-16(17)18)13-19-11-10-14-6-4-3-5-7-14/h6,8-9,12,19H,2-5,7,10-11,13H2,1H3. The van der Waals surface area contributed by atoms with Crippen molar-refractivity contribution in [3.63, 3.8) is 0 Å². The number of rotatable bonds is 7. The van der Waals surface area contributed by atoms with E-state index >= 15 is 0 Å². The molecule has 1 aromatic carbocycles. The number of ether oxygens (including phenoxy) is 1. The molecule has 1 aliphatic rings. The van der Waals surface area contributed by atoms with E-state index in [4.69, 9.17) is 16.3 Å². The predicted octanol–water partition coefficient (Wildman–Crippen LogP) is 4.72. The zero-order valence-electron chi connectivity index (χ0n) is 12.3. The van der Waals surface area contributed by atoms with Crippen LogP contribution >= 0.6 is 11.6 Å². The summed E-state index contributed by atoms with van der Waals surface area (Å²) < 4.78 is 5.44. The molecule has 0 saturated carbocycles. The fourth-order valence-corrected chi connectivity index (χ4v) is 2.80. The summed E-state index contributed by atoms with van der Waals surface area (Å²) in [7, 11) is 0. The van der Waals surface area contributed by atoms with Crippen molar-refractivity contribution in [1.82, 2.24) is 5.32 Å². The monoisotopic (exact) mass is 293 g/mol. The molecular weight excluding hydrogens is 270 g/mol. The number of halogens is 1. The number of nitrogens with one attached hydrogen (secondary N) is 1. The molecule has 0 amide bonds. The largest absolute Gasteiger partial charge is 0.492 e. The van der Waals surface area contributed by atoms with Crippen molar-refractivity contribution in [2.24, 2.45) is 0 Å². The molecule has 0 saturated heterocycles. The van der Waals surface area contributed by atoms with Crippen molar-refractivity contribution in [2.75, 3.05) is 13.2 Å². The van der Waals surface area contributed by atoms with E-state index in [0.29, 0.717) is 11.6 Å². The maximum Gasteiger partial charge on any atom is 0.137 e. The predicted molar refractivity (Wildman–Crippen MR) is 85.5 cm³/mol. The van der Waals surface area contributed by atoms with Crippen molar-refractivity contribution < 1.29 is 4.74 Å². The molecule has 110 valence electrons. The van der Waals surface area contributed by atoms with Crippen LogP contribution < -0.4 is 10.1 Å². The van der Waals surface area contributed by atoms with Crippen LogP contribution in [0.2, 0.25) is 5.02 Å². The van der Waals surface area contributed by atoms with Crippen LogP contribution in [0.15, 0.2) is 29.8 Å². The van der Waals surface area contributed by atoms with Gasteiger partial charge in [0.2, 0.25) is 0 Å². The highest BCUT2D eigenvalue weighted by Gasteiger charge is 2.04. The smallest absolute Gasteiger partial charge is 0.137 e. The van der Waals surface area contributed by atoms with E-state index in [2.05, 4.69) is 17.5 Å². The highest BCUT2D eigenvalue weighted by Crippen LogP contribution is 2.25. The van der Waals surface area contributed by atoms with Crippen LogP contribution in [0.25, 0.3) is 0 Å². The molecule has 1 aliphatic carbocycles. The molecule has 0 radical (unpaired) electrons. The molecule has 20 heavy (non-hydrogen) atoms. The van der Waals surface area contributed by atoms with Gasteiger partial charge in [-0.2, -0.15) is 0 Å². The third-order valence-electron chi connectivity index (χ3n) is 3.63. The van der Waals surface area contributed by atoms with Gasteiger partial charge in [0.05, 0.1) is 11.6 Å². The van der Waals surface area contributed by atoms with E-state index in [-0.39, 0.29) is 0 Å². The summed E-state index contributed by atoms with van der Waals surface area (Å²) >= 11 is 6.18. The van der Waals surface area contributed by atoms with Crippen molar-refractivity contribution in [3.05, 3.63) is 40.4 Å². The van der Waals surface area contributed by atoms with Gasteiger partial charge in [-0.1, -0.05) is 29.3 Å². The van der Waals surface area contributed by atoms with Gasteiger partial charge in [-0.15, -0.1) is 0 Å². The number of hydrogen-bond acceptors (Lipinski definition) is 2. The molecule has 0 bridgehead atoms. The number of hydrogen-bond donors (Lipinski definition) is 1. The zero-order valence-corrected chi connectivity index (χ0v) is 13.0. The Balaban J connectivity index is 1.73. The maximum atomic E-state index is 6.18. The summed E-state index contributed by atoms with van der Waals surface area (Å²) in [4.78, 5) is 0. The Kier molecular flexibility index (Phi) is 6.41. The van der Waals surface area contributed by atoms with Crippen LogP contribution in [0.5, 0.6) is 5.75 Å². The Labute approximate surface area is 127 Å². The molecule has 0 aromatic heterocycles. The fraction of sp³-hybridized carbons (Fsp3) is 0.529. The van der Waals surface area contributed by atoms with Gasteiger partial charge in [0, 0.05) is 6.54 Å². The molecule has 2 nitrogen and oxygen atoms in total. The van der Waals surface area contributed by atoms with Crippen LogP contribution in [0.3, 0.4) is 0 Å². The summed E-state index contributed by atoms with van der Waals surface area (Å²) in [5, 5.41) is 4.18. The van der Waals surface area contributed by atoms with Gasteiger partial charge in [-0.05, 0) is 63.3 Å². The lowest BCUT2D eigenvalue weighted by atomic mass is 9.97. The van der Waals surface area contributed by atoms with Crippen LogP contribution in [0.1, 0.15) is 44.6 Å². The van der Waals surface area contributed by atoms with E-state index in [1.807, 2.05) is 19.1 Å². The van der Waals surface area contributed by atoms with Gasteiger partial charge < -0.3 is 10.1 Å². The molecule has 1 aromatic rings. The quantitative estimate of drug-likeness (QED) is 0.580. The Morgan fingerprint density at radius 3 is 2.90 bits per heavy atom. The van der Waals surface area contributed by atoms with Gasteiger partial charge in [0.25, 0.3) is 0 Å². The molecule has 0 spiro atoms. The molecule has 2 rings (SSSR count). The van der Waals surface area contributed by atoms with E-state index in [9.17, 15) is 0 Å². The molecule has 0 atom stereocenters. The maximum absolute atomic E-state index is 6.18. The lowest BCUT2D eigenvalue weighted by molar-refractivity contribution is 0.340. The van der Waals surface area contributed by atoms with Gasteiger partial charge >= 0.3 is 0 Å². The Morgan fingerprint density at radius 1 is 1.30 bits per heavy atom. The minimum Gasteiger partial charge on any atom is -0.492 e. The van der Waals surface area contributed by atoms with Crippen LogP contribution in [0.4, 0.5) is 0 Å². The molecule has 3 heteroatoms. The molecule has 0 unspecified atom stereocenters. The summed E-state index contributed by atoms with van der Waals surface area (Å²) in [6, 6.07) is 6.01. The Morgan fingerprint density at radius 2 is 2.20 bits per heavy atom. The van der Waals surface area contributed by atoms with Crippen molar-refractivity contribution in [2.45, 2.75) is 45.6 Å². The lowest BCUT2D eigenvalue weighted by Gasteiger charge is -2.13. The first kappa shape index (κ1) is 15.4. The summed E-state index contributed by atoms with van der Waals surface area (Å²) in [6.45, 7) is 4.51. The van der Waals surface area contributed by atoms with Crippen molar-refractivity contribution in [1.29, 1.82) is 0 Å². The van der Waals surface area contributed by atoms with Crippen molar-refractivity contribution >= 4 is 11.6 Å². The SMILES string of the molecule is CCOc1ccc(CNCCC2=CCCCC2)cc1Cl. The third kappa shape index (κ3) is 4.84. The molecular formula is C17H24ClNO. The molecule has 0 heterocycles. The van der Waals surface area contributed by atoms with Gasteiger partial charge in [0.1, 0.15) is 5.75 Å². The van der Waals surface area contributed by atoms with Crippen LogP contribution in [-0.4, -0.2) is 13.2 Å². The molecule has 0 aliphatic heterocycles. The second-order valence-corrected chi connectivity index (χ2v) is 5.64. The van der Waals surface area contributed by atoms with Crippen LogP contribution in [-0.2, 0) is 6.54 Å². The summed E-state index contributed by atoms with van der Waals surface area (Å²) in [5.74, 6) is 0.769. The topological polar surface area (TPSA) is 21.3 Å². The molecule has 1 N–H and O–H groups in total. The Hall–Kier alpha value is -0.990. The minimum atomic E-state index is 0.645. The highest BCUT2D eigenvalue weighted by atomic mass is 35.5. The van der Waals surface area contributed by atoms with Crippen LogP contribution in [0, 0.1) is 0 Å². The van der Waals surface area contributed by atoms with Gasteiger partial charge in [-0.25, -0.2) is 0 Å². The van der Waals surface area contributed by atoms with E-state index in [1.165, 1.54) is 37.7 Å². The summed E-state index contributed by atoms with van der Waals surface area (Å²) in [6.07, 6.45) is 8.87. The fourth-order valence-electron chi connectivity index (χ4n) is 2.54. The average molecular weight is 294 g/mol. The first-order valence-corrected chi connectivity index (χ1v) is 7.97. The van der Waals surface area contributed by atoms with Crippen molar-refractivity contribution in [3.8, 4) is 5.75 Å². The zero-order chi connectivity index (χ0) is 14.2. The first-order valence-electron chi connectivity index (χ1n) is 7.59. The minimum absolute atomic E-state index is 0.645. The molecule has 0 fully saturated rings. The van der Waals surface area contributed by atoms with E-state index < -0.39 is 0 Å². The average Bonchev–Trinajstić information content (AvgIpc) is 2.48. The normalized spacial score (nSPS) is 15.0. The third-order valence-corrected chi connectivity index (χ3v) is 3.93. The van der Waals surface area contributed by atoms with E-state index in [1.54, 1.807) is 5.57 Å². The van der Waals surface area contributed by atoms with Gasteiger partial charge in [-0.3, -0.25) is 0 Å². The van der Waals surface area contributed by atoms with Gasteiger partial charge in [0.15, 0.2) is 0 Å². The van der Waals surface area contributed by atoms with E-state index in [0.717, 1.165) is 18.8 Å². The summed E-state index contributed by atoms with van der Waals surface area (Å²) in [5.41, 5.74) is 2.82. The highest BCUT2D eigenvalue weighted by molar-refractivity contribution is 6.32. The number of benzene rings is 1. The Bertz CT molecular complexity index is 456.